The van der Waals surface area contributed by atoms with Crippen molar-refractivity contribution in [3.63, 3.8) is 0 Å². The van der Waals surface area contributed by atoms with Crippen molar-refractivity contribution >= 4 is 58.8 Å². The summed E-state index contributed by atoms with van der Waals surface area (Å²) in [7, 11) is 0. The molecule has 1 atom stereocenters. The fourth-order valence-corrected chi connectivity index (χ4v) is 4.97. The Hall–Kier alpha value is -3.39. The molecule has 3 aromatic carbocycles. The zero-order valence-electron chi connectivity index (χ0n) is 19.5. The van der Waals surface area contributed by atoms with Gasteiger partial charge in [0.2, 0.25) is 0 Å². The fourth-order valence-electron chi connectivity index (χ4n) is 4.08. The van der Waals surface area contributed by atoms with Crippen LogP contribution in [0.1, 0.15) is 42.2 Å². The number of amides is 3. The molecule has 7 nitrogen and oxygen atoms in total. The molecule has 0 aliphatic carbocycles. The van der Waals surface area contributed by atoms with Crippen molar-refractivity contribution in [2.24, 2.45) is 0 Å². The van der Waals surface area contributed by atoms with Crippen molar-refractivity contribution < 1.29 is 19.2 Å². The average Bonchev–Trinajstić information content (AvgIpc) is 2.91. The van der Waals surface area contributed by atoms with Gasteiger partial charge in [0.05, 0.1) is 15.6 Å². The van der Waals surface area contributed by atoms with Crippen molar-refractivity contribution in [1.29, 1.82) is 0 Å². The number of carbonyl (C=O) groups is 4. The molecule has 4 rings (SSSR count). The number of hydrogen-bond donors (Lipinski definition) is 2. The van der Waals surface area contributed by atoms with E-state index in [2.05, 4.69) is 10.6 Å². The number of fused-ring (bicyclic) bond motifs is 1. The molecule has 0 spiro atoms. The second-order valence-electron chi connectivity index (χ2n) is 8.46. The maximum absolute atomic E-state index is 13.0. The topological polar surface area (TPSA) is 95.6 Å². The Morgan fingerprint density at radius 1 is 0.946 bits per heavy atom. The van der Waals surface area contributed by atoms with Crippen LogP contribution in [0.4, 0.5) is 0 Å². The van der Waals surface area contributed by atoms with Gasteiger partial charge < -0.3 is 20.3 Å². The van der Waals surface area contributed by atoms with Crippen LogP contribution in [0.25, 0.3) is 0 Å². The van der Waals surface area contributed by atoms with E-state index >= 15 is 0 Å². The van der Waals surface area contributed by atoms with Crippen molar-refractivity contribution in [3.05, 3.63) is 104 Å². The highest BCUT2D eigenvalue weighted by molar-refractivity contribution is 6.40. The first-order chi connectivity index (χ1) is 17.8. The highest BCUT2D eigenvalue weighted by Gasteiger charge is 2.28. The summed E-state index contributed by atoms with van der Waals surface area (Å²) in [6.07, 6.45) is 0.957. The van der Waals surface area contributed by atoms with E-state index < -0.39 is 11.9 Å². The molecule has 0 aromatic heterocycles. The third kappa shape index (κ3) is 6.13. The third-order valence-electron chi connectivity index (χ3n) is 6.01. The lowest BCUT2D eigenvalue weighted by molar-refractivity contribution is -0.109. The van der Waals surface area contributed by atoms with Gasteiger partial charge in [0.1, 0.15) is 12.3 Å². The van der Waals surface area contributed by atoms with Crippen LogP contribution in [0, 0.1) is 0 Å². The summed E-state index contributed by atoms with van der Waals surface area (Å²) in [6.45, 7) is 0.574. The molecule has 0 radical (unpaired) electrons. The maximum Gasteiger partial charge on any atom is 0.254 e. The SMILES string of the molecule is O=C[C@H](CNC(=O)c1ccccc1)NC(=O)c1c(Cl)cc2c(c1Cl)CCN(C(=O)c1ccc(Cl)cc1)C2. The summed E-state index contributed by atoms with van der Waals surface area (Å²) < 4.78 is 0. The number of nitrogens with zero attached hydrogens (tertiary/aromatic N) is 1. The van der Waals surface area contributed by atoms with Gasteiger partial charge in [-0.1, -0.05) is 53.0 Å². The molecule has 1 heterocycles. The Kier molecular flexibility index (Phi) is 8.48. The van der Waals surface area contributed by atoms with E-state index in [-0.39, 0.29) is 40.5 Å². The van der Waals surface area contributed by atoms with Crippen LogP contribution in [0.2, 0.25) is 15.1 Å². The van der Waals surface area contributed by atoms with Gasteiger partial charge >= 0.3 is 0 Å². The molecule has 190 valence electrons. The zero-order valence-corrected chi connectivity index (χ0v) is 21.7. The Labute approximate surface area is 228 Å². The van der Waals surface area contributed by atoms with Gasteiger partial charge in [-0.2, -0.15) is 0 Å². The lowest BCUT2D eigenvalue weighted by Crippen LogP contribution is -2.45. The Balaban J connectivity index is 1.45. The standard InChI is InChI=1S/C27H22Cl3N3O4/c28-19-8-6-17(7-9-19)27(37)33-11-10-21-18(14-33)12-22(29)23(24(21)30)26(36)32-20(15-34)13-31-25(35)16-4-2-1-3-5-16/h1-9,12,15,20H,10-11,13-14H2,(H,31,35)(H,32,36)/t20-/m0/s1. The van der Waals surface area contributed by atoms with Crippen molar-refractivity contribution in [1.82, 2.24) is 15.5 Å². The largest absolute Gasteiger partial charge is 0.350 e. The number of halogens is 3. The molecule has 10 heteroatoms. The van der Waals surface area contributed by atoms with Gasteiger partial charge in [0, 0.05) is 35.8 Å². The summed E-state index contributed by atoms with van der Waals surface area (Å²) >= 11 is 19.0. The van der Waals surface area contributed by atoms with Gasteiger partial charge in [0.15, 0.2) is 0 Å². The molecule has 0 unspecified atom stereocenters. The number of rotatable bonds is 7. The van der Waals surface area contributed by atoms with Crippen LogP contribution < -0.4 is 10.6 Å². The summed E-state index contributed by atoms with van der Waals surface area (Å²) in [4.78, 5) is 51.4. The van der Waals surface area contributed by atoms with Crippen LogP contribution in [0.15, 0.2) is 60.7 Å². The van der Waals surface area contributed by atoms with E-state index in [4.69, 9.17) is 34.8 Å². The molecule has 0 saturated carbocycles. The zero-order chi connectivity index (χ0) is 26.5. The van der Waals surface area contributed by atoms with Gasteiger partial charge in [-0.05, 0) is 60.0 Å². The number of carbonyl (C=O) groups excluding carboxylic acids is 4. The Morgan fingerprint density at radius 3 is 2.32 bits per heavy atom. The van der Waals surface area contributed by atoms with E-state index in [1.165, 1.54) is 0 Å². The highest BCUT2D eigenvalue weighted by atomic mass is 35.5. The van der Waals surface area contributed by atoms with E-state index in [9.17, 15) is 19.2 Å². The summed E-state index contributed by atoms with van der Waals surface area (Å²) in [6, 6.07) is 15.8. The molecule has 3 amide bonds. The Morgan fingerprint density at radius 2 is 1.65 bits per heavy atom. The molecule has 0 bridgehead atoms. The van der Waals surface area contributed by atoms with E-state index in [0.29, 0.717) is 35.4 Å². The van der Waals surface area contributed by atoms with Crippen molar-refractivity contribution in [2.45, 2.75) is 19.0 Å². The normalized spacial score (nSPS) is 13.3. The maximum atomic E-state index is 13.0. The summed E-state index contributed by atoms with van der Waals surface area (Å²) in [5.74, 6) is -1.16. The molecule has 0 saturated heterocycles. The van der Waals surface area contributed by atoms with Crippen LogP contribution >= 0.6 is 34.8 Å². The first-order valence-corrected chi connectivity index (χ1v) is 12.6. The predicted molar refractivity (Wildman–Crippen MR) is 142 cm³/mol. The molecule has 3 aromatic rings. The predicted octanol–water partition coefficient (Wildman–Crippen LogP) is 4.57. The molecule has 1 aliphatic rings. The van der Waals surface area contributed by atoms with E-state index in [1.807, 2.05) is 0 Å². The molecular weight excluding hydrogens is 537 g/mol. The third-order valence-corrected chi connectivity index (χ3v) is 6.98. The number of nitrogens with one attached hydrogen (secondary N) is 2. The number of benzene rings is 3. The number of hydrogen-bond acceptors (Lipinski definition) is 4. The molecular formula is C27H22Cl3N3O4. The molecule has 0 fully saturated rings. The molecule has 1 aliphatic heterocycles. The van der Waals surface area contributed by atoms with Crippen molar-refractivity contribution in [3.8, 4) is 0 Å². The number of aldehydes is 1. The van der Waals surface area contributed by atoms with Crippen molar-refractivity contribution in [2.75, 3.05) is 13.1 Å². The first kappa shape index (κ1) is 26.7. The summed E-state index contributed by atoms with van der Waals surface area (Å²) in [5, 5.41) is 6.00. The second kappa shape index (κ2) is 11.8. The van der Waals surface area contributed by atoms with Gasteiger partial charge in [0.25, 0.3) is 17.7 Å². The van der Waals surface area contributed by atoms with E-state index in [0.717, 1.165) is 11.1 Å². The lowest BCUT2D eigenvalue weighted by Gasteiger charge is -2.30. The smallest absolute Gasteiger partial charge is 0.254 e. The van der Waals surface area contributed by atoms with E-state index in [1.54, 1.807) is 65.6 Å². The van der Waals surface area contributed by atoms with Gasteiger partial charge in [-0.25, -0.2) is 0 Å². The molecule has 2 N–H and O–H groups in total. The monoisotopic (exact) mass is 557 g/mol. The Bertz CT molecular complexity index is 1350. The van der Waals surface area contributed by atoms with Gasteiger partial charge in [-0.3, -0.25) is 14.4 Å². The fraction of sp³-hybridized carbons (Fsp3) is 0.185. The lowest BCUT2D eigenvalue weighted by atomic mass is 9.96. The van der Waals surface area contributed by atoms with Crippen LogP contribution in [-0.2, 0) is 17.8 Å². The average molecular weight is 559 g/mol. The highest BCUT2D eigenvalue weighted by Crippen LogP contribution is 2.35. The van der Waals surface area contributed by atoms with Gasteiger partial charge in [-0.15, -0.1) is 0 Å². The van der Waals surface area contributed by atoms with Crippen LogP contribution in [0.3, 0.4) is 0 Å². The second-order valence-corrected chi connectivity index (χ2v) is 9.68. The van der Waals surface area contributed by atoms with Crippen LogP contribution in [-0.4, -0.2) is 48.0 Å². The minimum atomic E-state index is -0.990. The minimum Gasteiger partial charge on any atom is -0.350 e. The first-order valence-electron chi connectivity index (χ1n) is 11.4. The minimum absolute atomic E-state index is 0.0424. The quantitative estimate of drug-likeness (QED) is 0.415. The molecule has 37 heavy (non-hydrogen) atoms. The van der Waals surface area contributed by atoms with Crippen LogP contribution in [0.5, 0.6) is 0 Å². The summed E-state index contributed by atoms with van der Waals surface area (Å²) in [5.41, 5.74) is 2.45.